The lowest BCUT2D eigenvalue weighted by Crippen LogP contribution is -2.34. The van der Waals surface area contributed by atoms with Gasteiger partial charge in [0.15, 0.2) is 0 Å². The third kappa shape index (κ3) is 4.72. The Balaban J connectivity index is 2.10. The number of nitrogens with zero attached hydrogens (tertiary/aromatic N) is 2. The monoisotopic (exact) mass is 358 g/mol. The van der Waals surface area contributed by atoms with Crippen molar-refractivity contribution in [3.63, 3.8) is 0 Å². The number of carbonyl (C=O) groups is 1. The van der Waals surface area contributed by atoms with Gasteiger partial charge in [0.2, 0.25) is 0 Å². The summed E-state index contributed by atoms with van der Waals surface area (Å²) in [7, 11) is 1.35. The first-order valence-corrected chi connectivity index (χ1v) is 8.46. The highest BCUT2D eigenvalue weighted by Gasteiger charge is 2.21. The Kier molecular flexibility index (Phi) is 6.55. The van der Waals surface area contributed by atoms with Gasteiger partial charge in [0.25, 0.3) is 11.6 Å². The second kappa shape index (κ2) is 8.85. The summed E-state index contributed by atoms with van der Waals surface area (Å²) in [5.74, 6) is 0.0343. The Morgan fingerprint density at radius 1 is 1.42 bits per heavy atom. The van der Waals surface area contributed by atoms with Crippen LogP contribution in [0, 0.1) is 27.4 Å². The molecule has 1 aliphatic carbocycles. The SMILES string of the molecule is COc1cc([N+](=O)[O-])ccc1NC(=O)/C(C#N)=C\NC1CCCCC1C. The van der Waals surface area contributed by atoms with Crippen LogP contribution in [0.15, 0.2) is 30.0 Å². The van der Waals surface area contributed by atoms with Crippen LogP contribution in [-0.2, 0) is 4.79 Å². The molecule has 1 saturated carbocycles. The van der Waals surface area contributed by atoms with Crippen molar-refractivity contribution in [2.45, 2.75) is 38.6 Å². The number of nitro groups is 1. The fourth-order valence-electron chi connectivity index (χ4n) is 2.99. The fraction of sp³-hybridized carbons (Fsp3) is 0.444. The van der Waals surface area contributed by atoms with E-state index in [2.05, 4.69) is 17.6 Å². The maximum Gasteiger partial charge on any atom is 0.273 e. The summed E-state index contributed by atoms with van der Waals surface area (Å²) >= 11 is 0. The van der Waals surface area contributed by atoms with E-state index < -0.39 is 10.8 Å². The molecule has 1 aliphatic rings. The average Bonchev–Trinajstić information content (AvgIpc) is 2.63. The third-order valence-corrected chi connectivity index (χ3v) is 4.56. The summed E-state index contributed by atoms with van der Waals surface area (Å²) < 4.78 is 5.08. The topological polar surface area (TPSA) is 117 Å². The number of nitro benzene ring substituents is 1. The number of nitriles is 1. The van der Waals surface area contributed by atoms with Crippen molar-refractivity contribution in [1.29, 1.82) is 5.26 Å². The molecule has 26 heavy (non-hydrogen) atoms. The molecular weight excluding hydrogens is 336 g/mol. The van der Waals surface area contributed by atoms with E-state index >= 15 is 0 Å². The molecule has 138 valence electrons. The summed E-state index contributed by atoms with van der Waals surface area (Å²) in [6, 6.07) is 5.98. The smallest absolute Gasteiger partial charge is 0.273 e. The number of rotatable bonds is 6. The van der Waals surface area contributed by atoms with Crippen LogP contribution in [0.5, 0.6) is 5.75 Å². The van der Waals surface area contributed by atoms with Crippen molar-refractivity contribution in [3.05, 3.63) is 40.1 Å². The predicted octanol–water partition coefficient (Wildman–Crippen LogP) is 3.12. The van der Waals surface area contributed by atoms with E-state index in [9.17, 15) is 20.2 Å². The molecular formula is C18H22N4O4. The minimum atomic E-state index is -0.601. The number of benzene rings is 1. The molecule has 8 heteroatoms. The lowest BCUT2D eigenvalue weighted by atomic mass is 9.86. The number of anilines is 1. The lowest BCUT2D eigenvalue weighted by molar-refractivity contribution is -0.384. The van der Waals surface area contributed by atoms with Crippen LogP contribution in [0.2, 0.25) is 0 Å². The van der Waals surface area contributed by atoms with Crippen LogP contribution in [0.3, 0.4) is 0 Å². The number of ether oxygens (including phenoxy) is 1. The molecule has 0 radical (unpaired) electrons. The van der Waals surface area contributed by atoms with Gasteiger partial charge in [-0.15, -0.1) is 0 Å². The van der Waals surface area contributed by atoms with Crippen LogP contribution >= 0.6 is 0 Å². The first-order chi connectivity index (χ1) is 12.5. The summed E-state index contributed by atoms with van der Waals surface area (Å²) in [4.78, 5) is 22.6. The Morgan fingerprint density at radius 3 is 2.77 bits per heavy atom. The number of methoxy groups -OCH3 is 1. The van der Waals surface area contributed by atoms with E-state index in [1.165, 1.54) is 37.9 Å². The van der Waals surface area contributed by atoms with Gasteiger partial charge < -0.3 is 15.4 Å². The first kappa shape index (κ1) is 19.2. The number of nitrogens with one attached hydrogen (secondary N) is 2. The van der Waals surface area contributed by atoms with Gasteiger partial charge in [-0.2, -0.15) is 5.26 Å². The van der Waals surface area contributed by atoms with Gasteiger partial charge >= 0.3 is 0 Å². The molecule has 2 atom stereocenters. The van der Waals surface area contributed by atoms with Gasteiger partial charge in [0.05, 0.1) is 23.8 Å². The zero-order valence-electron chi connectivity index (χ0n) is 14.8. The highest BCUT2D eigenvalue weighted by molar-refractivity contribution is 6.07. The van der Waals surface area contributed by atoms with Crippen LogP contribution in [0.1, 0.15) is 32.6 Å². The summed E-state index contributed by atoms with van der Waals surface area (Å²) in [5.41, 5.74) is 0.0438. The molecule has 1 aromatic carbocycles. The highest BCUT2D eigenvalue weighted by atomic mass is 16.6. The predicted molar refractivity (Wildman–Crippen MR) is 96.5 cm³/mol. The van der Waals surface area contributed by atoms with E-state index in [-0.39, 0.29) is 28.7 Å². The summed E-state index contributed by atoms with van der Waals surface area (Å²) in [6.07, 6.45) is 5.91. The average molecular weight is 358 g/mol. The molecule has 1 aromatic rings. The summed E-state index contributed by atoms with van der Waals surface area (Å²) in [6.45, 7) is 2.15. The van der Waals surface area contributed by atoms with Crippen molar-refractivity contribution in [1.82, 2.24) is 5.32 Å². The Labute approximate surface area is 152 Å². The molecule has 1 amide bonds. The minimum Gasteiger partial charge on any atom is -0.494 e. The zero-order chi connectivity index (χ0) is 19.1. The quantitative estimate of drug-likeness (QED) is 0.349. The first-order valence-electron chi connectivity index (χ1n) is 8.46. The van der Waals surface area contributed by atoms with E-state index in [4.69, 9.17) is 4.74 Å². The maximum atomic E-state index is 12.4. The second-order valence-corrected chi connectivity index (χ2v) is 6.30. The Morgan fingerprint density at radius 2 is 2.15 bits per heavy atom. The van der Waals surface area contributed by atoms with Crippen molar-refractivity contribution >= 4 is 17.3 Å². The van der Waals surface area contributed by atoms with Crippen molar-refractivity contribution in [2.24, 2.45) is 5.92 Å². The normalized spacial score (nSPS) is 20.0. The molecule has 0 heterocycles. The third-order valence-electron chi connectivity index (χ3n) is 4.56. The van der Waals surface area contributed by atoms with E-state index in [0.29, 0.717) is 5.92 Å². The number of hydrogen-bond donors (Lipinski definition) is 2. The molecule has 0 saturated heterocycles. The van der Waals surface area contributed by atoms with Gasteiger partial charge in [0, 0.05) is 18.3 Å². The number of amides is 1. The van der Waals surface area contributed by atoms with E-state index in [0.717, 1.165) is 19.3 Å². The molecule has 8 nitrogen and oxygen atoms in total. The largest absolute Gasteiger partial charge is 0.494 e. The van der Waals surface area contributed by atoms with Crippen LogP contribution < -0.4 is 15.4 Å². The van der Waals surface area contributed by atoms with Crippen molar-refractivity contribution in [2.75, 3.05) is 12.4 Å². The molecule has 0 spiro atoms. The zero-order valence-corrected chi connectivity index (χ0v) is 14.8. The molecule has 2 N–H and O–H groups in total. The van der Waals surface area contributed by atoms with E-state index in [1.54, 1.807) is 0 Å². The van der Waals surface area contributed by atoms with Crippen molar-refractivity contribution in [3.8, 4) is 11.8 Å². The Bertz CT molecular complexity index is 754. The lowest BCUT2D eigenvalue weighted by Gasteiger charge is -2.29. The summed E-state index contributed by atoms with van der Waals surface area (Å²) in [5, 5.41) is 25.8. The van der Waals surface area contributed by atoms with Crippen LogP contribution in [-0.4, -0.2) is 24.0 Å². The van der Waals surface area contributed by atoms with E-state index in [1.807, 2.05) is 6.07 Å². The van der Waals surface area contributed by atoms with Gasteiger partial charge in [-0.3, -0.25) is 14.9 Å². The van der Waals surface area contributed by atoms with Gasteiger partial charge in [0.1, 0.15) is 17.4 Å². The number of carbonyl (C=O) groups excluding carboxylic acids is 1. The highest BCUT2D eigenvalue weighted by Crippen LogP contribution is 2.29. The number of hydrogen-bond acceptors (Lipinski definition) is 6. The fourth-order valence-corrected chi connectivity index (χ4v) is 2.99. The van der Waals surface area contributed by atoms with Crippen LogP contribution in [0.4, 0.5) is 11.4 Å². The second-order valence-electron chi connectivity index (χ2n) is 6.30. The maximum absolute atomic E-state index is 12.4. The molecule has 0 aliphatic heterocycles. The van der Waals surface area contributed by atoms with Gasteiger partial charge in [-0.25, -0.2) is 0 Å². The minimum absolute atomic E-state index is 0.0665. The molecule has 0 bridgehead atoms. The van der Waals surface area contributed by atoms with Gasteiger partial charge in [-0.05, 0) is 24.8 Å². The van der Waals surface area contributed by atoms with Crippen LogP contribution in [0.25, 0.3) is 0 Å². The molecule has 1 fully saturated rings. The van der Waals surface area contributed by atoms with Gasteiger partial charge in [-0.1, -0.05) is 19.8 Å². The number of non-ortho nitro benzene ring substituents is 1. The Hall–Kier alpha value is -3.08. The molecule has 2 unspecified atom stereocenters. The van der Waals surface area contributed by atoms with Crippen molar-refractivity contribution < 1.29 is 14.5 Å². The molecule has 2 rings (SSSR count). The molecule has 0 aromatic heterocycles. The standard InChI is InChI=1S/C18H22N4O4/c1-12-5-3-4-6-15(12)20-11-13(10-19)18(23)21-16-8-7-14(22(24)25)9-17(16)26-2/h7-9,11-12,15,20H,3-6H2,1-2H3,(H,21,23)/b13-11-.